The summed E-state index contributed by atoms with van der Waals surface area (Å²) in [5, 5.41) is 3.09. The van der Waals surface area contributed by atoms with Crippen molar-refractivity contribution in [1.82, 2.24) is 5.32 Å². The molecule has 0 amide bonds. The summed E-state index contributed by atoms with van der Waals surface area (Å²) in [4.78, 5) is 0. The Bertz CT molecular complexity index is 280. The van der Waals surface area contributed by atoms with Gasteiger partial charge in [0.25, 0.3) is 0 Å². The zero-order valence-electron chi connectivity index (χ0n) is 11.0. The summed E-state index contributed by atoms with van der Waals surface area (Å²) in [6.07, 6.45) is 0.127. The van der Waals surface area contributed by atoms with Crippen molar-refractivity contribution in [3.8, 4) is 0 Å². The summed E-state index contributed by atoms with van der Waals surface area (Å²) in [5.74, 6) is 0.176. The molecule has 5 heteroatoms. The topological polar surface area (TPSA) is 55.4 Å². The Morgan fingerprint density at radius 1 is 1.31 bits per heavy atom. The van der Waals surface area contributed by atoms with Crippen LogP contribution in [0.25, 0.3) is 0 Å². The maximum absolute atomic E-state index is 11.8. The highest BCUT2D eigenvalue weighted by atomic mass is 32.2. The van der Waals surface area contributed by atoms with Gasteiger partial charge in [-0.3, -0.25) is 0 Å². The average molecular weight is 251 g/mol. The highest BCUT2D eigenvalue weighted by Gasteiger charge is 2.27. The second-order valence-corrected chi connectivity index (χ2v) is 7.76. The summed E-state index contributed by atoms with van der Waals surface area (Å²) < 4.78 is 28.2. The first-order valence-corrected chi connectivity index (χ1v) is 7.40. The van der Waals surface area contributed by atoms with E-state index in [0.29, 0.717) is 19.7 Å². The molecule has 0 aliphatic heterocycles. The highest BCUT2D eigenvalue weighted by Crippen LogP contribution is 2.15. The lowest BCUT2D eigenvalue weighted by molar-refractivity contribution is 0.0766. The normalized spacial score (nSPS) is 15.1. The molecule has 16 heavy (non-hydrogen) atoms. The molecule has 0 aromatic carbocycles. The lowest BCUT2D eigenvalue weighted by Crippen LogP contribution is -2.36. The van der Waals surface area contributed by atoms with E-state index in [0.717, 1.165) is 0 Å². The van der Waals surface area contributed by atoms with Gasteiger partial charge in [0.1, 0.15) is 0 Å². The predicted octanol–water partition coefficient (Wildman–Crippen LogP) is 1.21. The van der Waals surface area contributed by atoms with Crippen LogP contribution in [-0.2, 0) is 14.6 Å². The van der Waals surface area contributed by atoms with Crippen molar-refractivity contribution in [2.75, 3.05) is 25.4 Å². The minimum absolute atomic E-state index is 0.127. The van der Waals surface area contributed by atoms with Crippen molar-refractivity contribution in [3.05, 3.63) is 0 Å². The lowest BCUT2D eigenvalue weighted by Gasteiger charge is -2.19. The first-order valence-electron chi connectivity index (χ1n) is 5.75. The molecule has 0 aliphatic carbocycles. The van der Waals surface area contributed by atoms with Crippen LogP contribution in [0.4, 0.5) is 0 Å². The van der Waals surface area contributed by atoms with Gasteiger partial charge in [0, 0.05) is 19.7 Å². The molecule has 0 heterocycles. The molecule has 1 atom stereocenters. The third kappa shape index (κ3) is 5.82. The number of ether oxygens (including phenoxy) is 1. The Morgan fingerprint density at radius 2 is 1.88 bits per heavy atom. The summed E-state index contributed by atoms with van der Waals surface area (Å²) in [6.45, 7) is 10.9. The van der Waals surface area contributed by atoms with Gasteiger partial charge in [0.15, 0.2) is 9.84 Å². The fraction of sp³-hybridized carbons (Fsp3) is 1.00. The maximum atomic E-state index is 11.8. The Balaban J connectivity index is 3.84. The zero-order valence-corrected chi connectivity index (χ0v) is 11.9. The number of nitrogens with one attached hydrogen (secondary N) is 1. The molecule has 0 fully saturated rings. The molecule has 0 aliphatic rings. The second-order valence-electron chi connectivity index (χ2n) is 4.90. The molecule has 98 valence electrons. The first kappa shape index (κ1) is 15.9. The molecule has 4 nitrogen and oxygen atoms in total. The molecule has 0 bridgehead atoms. The Labute approximate surface area is 99.7 Å². The van der Waals surface area contributed by atoms with Gasteiger partial charge in [-0.15, -0.1) is 0 Å². The van der Waals surface area contributed by atoms with Crippen molar-refractivity contribution >= 4 is 9.84 Å². The van der Waals surface area contributed by atoms with E-state index < -0.39 is 14.6 Å². The summed E-state index contributed by atoms with van der Waals surface area (Å²) in [7, 11) is -3.01. The first-order chi connectivity index (χ1) is 7.20. The van der Waals surface area contributed by atoms with Crippen molar-refractivity contribution in [1.29, 1.82) is 0 Å². The third-order valence-corrected chi connectivity index (χ3v) is 4.97. The van der Waals surface area contributed by atoms with Crippen LogP contribution in [0.5, 0.6) is 0 Å². The van der Waals surface area contributed by atoms with Crippen LogP contribution >= 0.6 is 0 Å². The quantitative estimate of drug-likeness (QED) is 0.691. The van der Waals surface area contributed by atoms with E-state index in [9.17, 15) is 8.42 Å². The van der Waals surface area contributed by atoms with E-state index in [2.05, 4.69) is 5.32 Å². The minimum atomic E-state index is -3.01. The number of hydrogen-bond donors (Lipinski definition) is 1. The van der Waals surface area contributed by atoms with Gasteiger partial charge < -0.3 is 10.1 Å². The molecular weight excluding hydrogens is 226 g/mol. The Kier molecular flexibility index (Phi) is 6.51. The van der Waals surface area contributed by atoms with Crippen LogP contribution in [0.1, 0.15) is 34.6 Å². The van der Waals surface area contributed by atoms with Crippen LogP contribution in [0.15, 0.2) is 0 Å². The van der Waals surface area contributed by atoms with Crippen LogP contribution in [0.3, 0.4) is 0 Å². The van der Waals surface area contributed by atoms with Gasteiger partial charge >= 0.3 is 0 Å². The molecule has 0 spiro atoms. The monoisotopic (exact) mass is 251 g/mol. The Morgan fingerprint density at radius 3 is 2.31 bits per heavy atom. The van der Waals surface area contributed by atoms with Crippen molar-refractivity contribution in [3.63, 3.8) is 0 Å². The van der Waals surface area contributed by atoms with Gasteiger partial charge in [0.2, 0.25) is 0 Å². The van der Waals surface area contributed by atoms with Gasteiger partial charge in [-0.05, 0) is 34.6 Å². The SMILES string of the molecule is CCOC(C)CNCCS(=O)(=O)C(C)(C)C. The largest absolute Gasteiger partial charge is 0.377 e. The molecule has 0 aromatic rings. The van der Waals surface area contributed by atoms with Crippen LogP contribution in [0, 0.1) is 0 Å². The van der Waals surface area contributed by atoms with E-state index in [1.54, 1.807) is 20.8 Å². The van der Waals surface area contributed by atoms with Gasteiger partial charge in [-0.1, -0.05) is 0 Å². The predicted molar refractivity (Wildman–Crippen MR) is 67.5 cm³/mol. The van der Waals surface area contributed by atoms with E-state index in [1.165, 1.54) is 0 Å². The maximum Gasteiger partial charge on any atom is 0.156 e. The van der Waals surface area contributed by atoms with E-state index in [1.807, 2.05) is 13.8 Å². The number of hydrogen-bond acceptors (Lipinski definition) is 4. The van der Waals surface area contributed by atoms with E-state index >= 15 is 0 Å². The van der Waals surface area contributed by atoms with Crippen molar-refractivity contribution < 1.29 is 13.2 Å². The zero-order chi connectivity index (χ0) is 12.8. The summed E-state index contributed by atoms with van der Waals surface area (Å²) in [5.41, 5.74) is 0. The lowest BCUT2D eigenvalue weighted by atomic mass is 10.3. The fourth-order valence-corrected chi connectivity index (χ4v) is 2.19. The molecule has 0 saturated heterocycles. The van der Waals surface area contributed by atoms with Crippen LogP contribution in [-0.4, -0.2) is 44.7 Å². The van der Waals surface area contributed by atoms with E-state index in [-0.39, 0.29) is 11.9 Å². The molecular formula is C11H25NO3S. The third-order valence-electron chi connectivity index (χ3n) is 2.36. The van der Waals surface area contributed by atoms with Crippen LogP contribution in [0.2, 0.25) is 0 Å². The highest BCUT2D eigenvalue weighted by molar-refractivity contribution is 7.92. The molecule has 1 N–H and O–H groups in total. The molecule has 0 rings (SSSR count). The number of sulfone groups is 1. The summed E-state index contributed by atoms with van der Waals surface area (Å²) >= 11 is 0. The van der Waals surface area contributed by atoms with Crippen molar-refractivity contribution in [2.45, 2.75) is 45.5 Å². The molecule has 0 radical (unpaired) electrons. The average Bonchev–Trinajstić information content (AvgIpc) is 2.11. The minimum Gasteiger partial charge on any atom is -0.377 e. The second kappa shape index (κ2) is 6.57. The smallest absolute Gasteiger partial charge is 0.156 e. The number of rotatable bonds is 7. The van der Waals surface area contributed by atoms with E-state index in [4.69, 9.17) is 4.74 Å². The van der Waals surface area contributed by atoms with Crippen molar-refractivity contribution in [2.24, 2.45) is 0 Å². The molecule has 1 unspecified atom stereocenters. The van der Waals surface area contributed by atoms with Gasteiger partial charge in [0.05, 0.1) is 16.6 Å². The Hall–Kier alpha value is -0.130. The fourth-order valence-electron chi connectivity index (χ4n) is 1.16. The van der Waals surface area contributed by atoms with Gasteiger partial charge in [-0.2, -0.15) is 0 Å². The summed E-state index contributed by atoms with van der Waals surface area (Å²) in [6, 6.07) is 0. The van der Waals surface area contributed by atoms with Crippen LogP contribution < -0.4 is 5.32 Å². The molecule has 0 saturated carbocycles. The van der Waals surface area contributed by atoms with Gasteiger partial charge in [-0.25, -0.2) is 8.42 Å². The standard InChI is InChI=1S/C11H25NO3S/c1-6-15-10(2)9-12-7-8-16(13,14)11(3,4)5/h10,12H,6-9H2,1-5H3. The molecule has 0 aromatic heterocycles.